The minimum atomic E-state index is -0.422. The van der Waals surface area contributed by atoms with Crippen LogP contribution in [0.3, 0.4) is 0 Å². The molecule has 1 amide bonds. The second-order valence-corrected chi connectivity index (χ2v) is 6.67. The van der Waals surface area contributed by atoms with Gasteiger partial charge in [0.1, 0.15) is 0 Å². The number of nitrogens with one attached hydrogen (secondary N) is 1. The molecule has 0 aromatic heterocycles. The summed E-state index contributed by atoms with van der Waals surface area (Å²) in [5.74, 6) is -0.773. The van der Waals surface area contributed by atoms with Crippen LogP contribution >= 0.6 is 22.6 Å². The number of halogens is 1. The van der Waals surface area contributed by atoms with Gasteiger partial charge < -0.3 is 10.1 Å². The molecule has 5 heteroatoms. The second kappa shape index (κ2) is 8.11. The number of carbonyl (C=O) groups is 2. The number of benzene rings is 3. The third kappa shape index (κ3) is 4.57. The van der Waals surface area contributed by atoms with Crippen molar-refractivity contribution in [1.82, 2.24) is 0 Å². The van der Waals surface area contributed by atoms with Crippen molar-refractivity contribution in [3.63, 3.8) is 0 Å². The minimum Gasteiger partial charge on any atom is -0.455 e. The van der Waals surface area contributed by atoms with Gasteiger partial charge in [-0.25, -0.2) is 0 Å². The molecule has 25 heavy (non-hydrogen) atoms. The monoisotopic (exact) mass is 445 g/mol. The van der Waals surface area contributed by atoms with Gasteiger partial charge in [-0.2, -0.15) is 0 Å². The van der Waals surface area contributed by atoms with Crippen LogP contribution in [0.25, 0.3) is 10.8 Å². The van der Waals surface area contributed by atoms with Gasteiger partial charge in [-0.05, 0) is 51.1 Å². The molecular weight excluding hydrogens is 429 g/mol. The molecule has 3 rings (SSSR count). The molecule has 126 valence electrons. The molecule has 3 aromatic carbocycles. The van der Waals surface area contributed by atoms with Crippen molar-refractivity contribution in [2.24, 2.45) is 0 Å². The number of fused-ring (bicyclic) bond motifs is 1. The fourth-order valence-electron chi connectivity index (χ4n) is 2.55. The first-order valence-electron chi connectivity index (χ1n) is 7.80. The zero-order chi connectivity index (χ0) is 17.6. The molecule has 0 fully saturated rings. The van der Waals surface area contributed by atoms with E-state index in [0.717, 1.165) is 19.9 Å². The van der Waals surface area contributed by atoms with Crippen LogP contribution in [0.5, 0.6) is 0 Å². The fourth-order valence-corrected chi connectivity index (χ4v) is 3.07. The molecule has 0 bridgehead atoms. The molecule has 0 atom stereocenters. The van der Waals surface area contributed by atoms with Crippen LogP contribution in [0.1, 0.15) is 5.56 Å². The van der Waals surface area contributed by atoms with E-state index in [4.69, 9.17) is 4.74 Å². The van der Waals surface area contributed by atoms with Gasteiger partial charge in [-0.1, -0.05) is 54.6 Å². The third-order valence-electron chi connectivity index (χ3n) is 3.73. The summed E-state index contributed by atoms with van der Waals surface area (Å²) in [6.45, 7) is -0.297. The highest BCUT2D eigenvalue weighted by Crippen LogP contribution is 2.19. The summed E-state index contributed by atoms with van der Waals surface area (Å²) in [6, 6.07) is 21.1. The summed E-state index contributed by atoms with van der Waals surface area (Å²) < 4.78 is 6.04. The number of rotatable bonds is 5. The molecule has 0 saturated carbocycles. The first-order chi connectivity index (χ1) is 12.1. The van der Waals surface area contributed by atoms with E-state index in [1.54, 1.807) is 6.07 Å². The molecular formula is C20H16INO3. The van der Waals surface area contributed by atoms with E-state index in [9.17, 15) is 9.59 Å². The highest BCUT2D eigenvalue weighted by Gasteiger charge is 2.11. The Bertz CT molecular complexity index is 918. The van der Waals surface area contributed by atoms with Crippen molar-refractivity contribution >= 4 is 50.9 Å². The lowest BCUT2D eigenvalue weighted by Gasteiger charge is -2.09. The van der Waals surface area contributed by atoms with Crippen molar-refractivity contribution in [3.8, 4) is 0 Å². The van der Waals surface area contributed by atoms with Gasteiger partial charge in [0.05, 0.1) is 12.1 Å². The molecule has 0 spiro atoms. The van der Waals surface area contributed by atoms with Gasteiger partial charge >= 0.3 is 5.97 Å². The SMILES string of the molecule is O=C(COC(=O)Cc1cccc2ccccc12)Nc1ccccc1I. The minimum absolute atomic E-state index is 0.136. The van der Waals surface area contributed by atoms with E-state index in [1.165, 1.54) is 0 Å². The number of hydrogen-bond donors (Lipinski definition) is 1. The third-order valence-corrected chi connectivity index (χ3v) is 4.67. The molecule has 0 aliphatic heterocycles. The largest absolute Gasteiger partial charge is 0.455 e. The van der Waals surface area contributed by atoms with Gasteiger partial charge in [0.15, 0.2) is 6.61 Å². The van der Waals surface area contributed by atoms with Crippen LogP contribution in [0.4, 0.5) is 5.69 Å². The number of hydrogen-bond acceptors (Lipinski definition) is 3. The number of amides is 1. The molecule has 1 N–H and O–H groups in total. The number of para-hydroxylation sites is 1. The highest BCUT2D eigenvalue weighted by atomic mass is 127. The normalized spacial score (nSPS) is 10.4. The average molecular weight is 445 g/mol. The maximum absolute atomic E-state index is 12.1. The first-order valence-corrected chi connectivity index (χ1v) is 8.88. The van der Waals surface area contributed by atoms with E-state index >= 15 is 0 Å². The Morgan fingerprint density at radius 1 is 0.920 bits per heavy atom. The predicted molar refractivity (Wildman–Crippen MR) is 106 cm³/mol. The first kappa shape index (κ1) is 17.4. The van der Waals surface area contributed by atoms with E-state index in [2.05, 4.69) is 27.9 Å². The number of esters is 1. The molecule has 0 unspecified atom stereocenters. The van der Waals surface area contributed by atoms with Crippen molar-refractivity contribution in [1.29, 1.82) is 0 Å². The lowest BCUT2D eigenvalue weighted by molar-refractivity contribution is -0.146. The Balaban J connectivity index is 1.57. The van der Waals surface area contributed by atoms with Crippen LogP contribution < -0.4 is 5.32 Å². The Labute approximate surface area is 159 Å². The van der Waals surface area contributed by atoms with Gasteiger partial charge in [-0.15, -0.1) is 0 Å². The molecule has 0 radical (unpaired) electrons. The standard InChI is InChI=1S/C20H16INO3/c21-17-10-3-4-11-18(17)22-19(23)13-25-20(24)12-15-8-5-7-14-6-1-2-9-16(14)15/h1-11H,12-13H2,(H,22,23). The van der Waals surface area contributed by atoms with Crippen LogP contribution in [0.15, 0.2) is 66.7 Å². The summed E-state index contributed by atoms with van der Waals surface area (Å²) in [7, 11) is 0. The maximum atomic E-state index is 12.1. The van der Waals surface area contributed by atoms with Crippen molar-refractivity contribution in [3.05, 3.63) is 75.9 Å². The molecule has 0 aliphatic carbocycles. The summed E-state index contributed by atoms with van der Waals surface area (Å²) in [5, 5.41) is 4.83. The predicted octanol–water partition coefficient (Wildman–Crippen LogP) is 4.17. The topological polar surface area (TPSA) is 55.4 Å². The van der Waals surface area contributed by atoms with Gasteiger partial charge in [0, 0.05) is 3.57 Å². The van der Waals surface area contributed by atoms with Crippen LogP contribution in [-0.4, -0.2) is 18.5 Å². The molecule has 0 aliphatic rings. The van der Waals surface area contributed by atoms with E-state index in [0.29, 0.717) is 5.69 Å². The van der Waals surface area contributed by atoms with E-state index < -0.39 is 5.97 Å². The second-order valence-electron chi connectivity index (χ2n) is 5.50. The Morgan fingerprint density at radius 3 is 2.48 bits per heavy atom. The summed E-state index contributed by atoms with van der Waals surface area (Å²) in [5.41, 5.74) is 1.60. The zero-order valence-electron chi connectivity index (χ0n) is 13.4. The van der Waals surface area contributed by atoms with Crippen LogP contribution in [0.2, 0.25) is 0 Å². The molecule has 0 heterocycles. The van der Waals surface area contributed by atoms with Crippen molar-refractivity contribution in [2.75, 3.05) is 11.9 Å². The van der Waals surface area contributed by atoms with Gasteiger partial charge in [0.25, 0.3) is 5.91 Å². The average Bonchev–Trinajstić information content (AvgIpc) is 2.62. The summed E-state index contributed by atoms with van der Waals surface area (Å²) in [4.78, 5) is 24.0. The highest BCUT2D eigenvalue weighted by molar-refractivity contribution is 14.1. The fraction of sp³-hybridized carbons (Fsp3) is 0.100. The quantitative estimate of drug-likeness (QED) is 0.474. The van der Waals surface area contributed by atoms with Crippen LogP contribution in [-0.2, 0) is 20.7 Å². The maximum Gasteiger partial charge on any atom is 0.310 e. The summed E-state index contributed by atoms with van der Waals surface area (Å²) in [6.07, 6.45) is 0.136. The number of anilines is 1. The number of ether oxygens (including phenoxy) is 1. The number of carbonyl (C=O) groups excluding carboxylic acids is 2. The molecule has 3 aromatic rings. The lowest BCUT2D eigenvalue weighted by Crippen LogP contribution is -2.22. The van der Waals surface area contributed by atoms with Gasteiger partial charge in [0.2, 0.25) is 0 Å². The Hall–Kier alpha value is -2.41. The van der Waals surface area contributed by atoms with Crippen molar-refractivity contribution < 1.29 is 14.3 Å². The van der Waals surface area contributed by atoms with Gasteiger partial charge in [-0.3, -0.25) is 9.59 Å². The van der Waals surface area contributed by atoms with Crippen molar-refractivity contribution in [2.45, 2.75) is 6.42 Å². The Kier molecular flexibility index (Phi) is 5.65. The molecule has 4 nitrogen and oxygen atoms in total. The van der Waals surface area contributed by atoms with Crippen LogP contribution in [0, 0.1) is 3.57 Å². The Morgan fingerprint density at radius 2 is 1.64 bits per heavy atom. The lowest BCUT2D eigenvalue weighted by atomic mass is 10.0. The summed E-state index contributed by atoms with van der Waals surface area (Å²) >= 11 is 2.14. The molecule has 0 saturated heterocycles. The smallest absolute Gasteiger partial charge is 0.310 e. The van der Waals surface area contributed by atoms with E-state index in [1.807, 2.05) is 60.7 Å². The van der Waals surface area contributed by atoms with E-state index in [-0.39, 0.29) is 18.9 Å². The zero-order valence-corrected chi connectivity index (χ0v) is 15.5.